The molecule has 1 heterocycles. The highest BCUT2D eigenvalue weighted by Gasteiger charge is 2.09. The zero-order valence-corrected chi connectivity index (χ0v) is 15.6. The molecule has 116 valence electrons. The maximum absolute atomic E-state index is 12.1. The normalized spacial score (nSPS) is 11.2. The number of halogens is 2. The summed E-state index contributed by atoms with van der Waals surface area (Å²) in [6, 6.07) is 13.1. The number of hydrazone groups is 1. The van der Waals surface area contributed by atoms with E-state index in [0.717, 1.165) is 15.6 Å². The monoisotopic (exact) mass is 452 g/mol. The minimum atomic E-state index is -0.251. The molecule has 0 unspecified atom stereocenters. The number of rotatable bonds is 3. The van der Waals surface area contributed by atoms with E-state index in [1.54, 1.807) is 12.1 Å². The number of phenolic OH excluding ortho intramolecular Hbond substituents is 1. The molecule has 0 spiro atoms. The Morgan fingerprint density at radius 2 is 1.87 bits per heavy atom. The van der Waals surface area contributed by atoms with Crippen LogP contribution in [0.5, 0.6) is 5.75 Å². The lowest BCUT2D eigenvalue weighted by Crippen LogP contribution is -2.16. The Morgan fingerprint density at radius 1 is 1.17 bits per heavy atom. The molecule has 1 amide bonds. The third-order valence-corrected chi connectivity index (χ3v) is 5.39. The number of fused-ring (bicyclic) bond motifs is 1. The molecular formula is C16H10Br2N2O2S. The number of aromatic hydroxyl groups is 1. The van der Waals surface area contributed by atoms with E-state index in [0.29, 0.717) is 13.8 Å². The topological polar surface area (TPSA) is 61.7 Å². The van der Waals surface area contributed by atoms with E-state index in [-0.39, 0.29) is 11.7 Å². The number of benzene rings is 2. The number of carbonyl (C=O) groups is 1. The molecule has 0 saturated heterocycles. The molecule has 1 aromatic heterocycles. The number of thiophene rings is 1. The number of nitrogens with one attached hydrogen (secondary N) is 1. The van der Waals surface area contributed by atoms with Gasteiger partial charge >= 0.3 is 0 Å². The Morgan fingerprint density at radius 3 is 2.57 bits per heavy atom. The zero-order chi connectivity index (χ0) is 16.4. The summed E-state index contributed by atoms with van der Waals surface area (Å²) in [5.74, 6) is -0.129. The van der Waals surface area contributed by atoms with Crippen LogP contribution in [-0.4, -0.2) is 17.2 Å². The van der Waals surface area contributed by atoms with Gasteiger partial charge in [-0.05, 0) is 67.1 Å². The van der Waals surface area contributed by atoms with Crippen molar-refractivity contribution in [2.24, 2.45) is 5.10 Å². The van der Waals surface area contributed by atoms with Crippen molar-refractivity contribution in [3.63, 3.8) is 0 Å². The lowest BCUT2D eigenvalue weighted by molar-refractivity contribution is 0.0959. The maximum atomic E-state index is 12.1. The van der Waals surface area contributed by atoms with Crippen molar-refractivity contribution in [1.29, 1.82) is 0 Å². The van der Waals surface area contributed by atoms with Crippen molar-refractivity contribution in [1.82, 2.24) is 5.43 Å². The molecule has 0 bridgehead atoms. The van der Waals surface area contributed by atoms with Gasteiger partial charge in [0.05, 0.1) is 20.0 Å². The molecule has 0 aliphatic rings. The van der Waals surface area contributed by atoms with Crippen molar-refractivity contribution in [3.05, 3.63) is 61.9 Å². The lowest BCUT2D eigenvalue weighted by atomic mass is 10.2. The SMILES string of the molecule is O=C(NN=Cc1cc(Br)c(O)c(Br)c1)c1cc2ccccc2s1. The Kier molecular flexibility index (Phi) is 4.79. The van der Waals surface area contributed by atoms with Gasteiger partial charge in [0.2, 0.25) is 0 Å². The van der Waals surface area contributed by atoms with E-state index < -0.39 is 0 Å². The molecule has 7 heteroatoms. The Bertz CT molecular complexity index is 865. The summed E-state index contributed by atoms with van der Waals surface area (Å²) >= 11 is 7.92. The van der Waals surface area contributed by atoms with Crippen molar-refractivity contribution in [3.8, 4) is 5.75 Å². The summed E-state index contributed by atoms with van der Waals surface area (Å²) in [5.41, 5.74) is 3.24. The number of hydrogen-bond donors (Lipinski definition) is 2. The molecule has 2 aromatic carbocycles. The van der Waals surface area contributed by atoms with Gasteiger partial charge in [-0.1, -0.05) is 18.2 Å². The second-order valence-electron chi connectivity index (χ2n) is 4.68. The van der Waals surface area contributed by atoms with Crippen molar-refractivity contribution < 1.29 is 9.90 Å². The van der Waals surface area contributed by atoms with E-state index in [9.17, 15) is 9.90 Å². The van der Waals surface area contributed by atoms with Crippen LogP contribution in [0.1, 0.15) is 15.2 Å². The van der Waals surface area contributed by atoms with Crippen molar-refractivity contribution in [2.75, 3.05) is 0 Å². The third-order valence-electron chi connectivity index (χ3n) is 3.07. The number of nitrogens with zero attached hydrogens (tertiary/aromatic N) is 1. The van der Waals surface area contributed by atoms with Gasteiger partial charge in [0.15, 0.2) is 0 Å². The summed E-state index contributed by atoms with van der Waals surface area (Å²) < 4.78 is 2.15. The minimum absolute atomic E-state index is 0.122. The first-order chi connectivity index (χ1) is 11.0. The first-order valence-corrected chi connectivity index (χ1v) is 8.95. The van der Waals surface area contributed by atoms with Crippen LogP contribution in [0.3, 0.4) is 0 Å². The van der Waals surface area contributed by atoms with Crippen molar-refractivity contribution in [2.45, 2.75) is 0 Å². The van der Waals surface area contributed by atoms with Gasteiger partial charge in [-0.25, -0.2) is 5.43 Å². The molecule has 0 atom stereocenters. The van der Waals surface area contributed by atoms with E-state index in [4.69, 9.17) is 0 Å². The van der Waals surface area contributed by atoms with Gasteiger partial charge in [0.25, 0.3) is 5.91 Å². The Labute approximate surface area is 153 Å². The highest BCUT2D eigenvalue weighted by Crippen LogP contribution is 2.32. The Hall–Kier alpha value is -1.70. The third kappa shape index (κ3) is 3.63. The average molecular weight is 454 g/mol. The summed E-state index contributed by atoms with van der Waals surface area (Å²) in [5, 5.41) is 14.7. The quantitative estimate of drug-likeness (QED) is 0.437. The molecule has 3 rings (SSSR count). The van der Waals surface area contributed by atoms with Gasteiger partial charge in [0, 0.05) is 4.70 Å². The van der Waals surface area contributed by atoms with Gasteiger partial charge < -0.3 is 5.11 Å². The van der Waals surface area contributed by atoms with E-state index in [1.807, 2.05) is 30.3 Å². The van der Waals surface area contributed by atoms with Gasteiger partial charge in [0.1, 0.15) is 5.75 Å². The summed E-state index contributed by atoms with van der Waals surface area (Å²) in [4.78, 5) is 12.7. The average Bonchev–Trinajstić information content (AvgIpc) is 2.96. The highest BCUT2D eigenvalue weighted by atomic mass is 79.9. The molecule has 0 radical (unpaired) electrons. The molecule has 0 aliphatic carbocycles. The molecule has 3 aromatic rings. The number of hydrogen-bond acceptors (Lipinski definition) is 4. The number of amides is 1. The summed E-state index contributed by atoms with van der Waals surface area (Å²) in [7, 11) is 0. The Balaban J connectivity index is 1.73. The van der Waals surface area contributed by atoms with Gasteiger partial charge in [-0.15, -0.1) is 11.3 Å². The number of carbonyl (C=O) groups excluding carboxylic acids is 1. The maximum Gasteiger partial charge on any atom is 0.281 e. The second kappa shape index (κ2) is 6.82. The molecule has 23 heavy (non-hydrogen) atoms. The fourth-order valence-corrected chi connectivity index (χ4v) is 4.15. The standard InChI is InChI=1S/C16H10Br2N2O2S/c17-11-5-9(6-12(18)15(11)21)8-19-20-16(22)14-7-10-3-1-2-4-13(10)23-14/h1-8,21H,(H,20,22). The zero-order valence-electron chi connectivity index (χ0n) is 11.6. The van der Waals surface area contributed by atoms with Gasteiger partial charge in [-0.2, -0.15) is 5.10 Å². The van der Waals surface area contributed by atoms with E-state index in [2.05, 4.69) is 42.4 Å². The minimum Gasteiger partial charge on any atom is -0.506 e. The fraction of sp³-hybridized carbons (Fsp3) is 0. The van der Waals surface area contributed by atoms with E-state index in [1.165, 1.54) is 17.6 Å². The van der Waals surface area contributed by atoms with E-state index >= 15 is 0 Å². The molecule has 4 nitrogen and oxygen atoms in total. The first-order valence-electron chi connectivity index (χ1n) is 6.54. The fourth-order valence-electron chi connectivity index (χ4n) is 1.97. The highest BCUT2D eigenvalue weighted by molar-refractivity contribution is 9.11. The summed E-state index contributed by atoms with van der Waals surface area (Å²) in [6.07, 6.45) is 1.51. The predicted molar refractivity (Wildman–Crippen MR) is 100 cm³/mol. The molecule has 0 aliphatic heterocycles. The summed E-state index contributed by atoms with van der Waals surface area (Å²) in [6.45, 7) is 0. The van der Waals surface area contributed by atoms with Crippen LogP contribution in [0.25, 0.3) is 10.1 Å². The molecule has 2 N–H and O–H groups in total. The van der Waals surface area contributed by atoms with Crippen LogP contribution in [0.2, 0.25) is 0 Å². The van der Waals surface area contributed by atoms with Gasteiger partial charge in [-0.3, -0.25) is 4.79 Å². The van der Waals surface area contributed by atoms with Crippen LogP contribution < -0.4 is 5.43 Å². The van der Waals surface area contributed by atoms with Crippen molar-refractivity contribution >= 4 is 65.4 Å². The van der Waals surface area contributed by atoms with Crippen LogP contribution >= 0.6 is 43.2 Å². The lowest BCUT2D eigenvalue weighted by Gasteiger charge is -2.02. The molecule has 0 saturated carbocycles. The largest absolute Gasteiger partial charge is 0.506 e. The van der Waals surface area contributed by atoms with Crippen LogP contribution in [0, 0.1) is 0 Å². The first kappa shape index (κ1) is 16.2. The smallest absolute Gasteiger partial charge is 0.281 e. The van der Waals surface area contributed by atoms with Crippen LogP contribution in [-0.2, 0) is 0 Å². The second-order valence-corrected chi connectivity index (χ2v) is 7.47. The molecular weight excluding hydrogens is 444 g/mol. The predicted octanol–water partition coefficient (Wildman–Crippen LogP) is 4.90. The number of phenols is 1. The molecule has 0 fully saturated rings. The van der Waals surface area contributed by atoms with Crippen LogP contribution in [0.15, 0.2) is 56.5 Å². The van der Waals surface area contributed by atoms with Crippen LogP contribution in [0.4, 0.5) is 0 Å².